The molecule has 1 aliphatic rings. The molecule has 176 valence electrons. The van der Waals surface area contributed by atoms with E-state index in [1.165, 1.54) is 12.3 Å². The van der Waals surface area contributed by atoms with Crippen LogP contribution >= 0.6 is 11.6 Å². The fourth-order valence-corrected chi connectivity index (χ4v) is 4.35. The topological polar surface area (TPSA) is 88.6 Å². The number of carbonyl (C=O) groups is 1. The number of methoxy groups -OCH3 is 1. The van der Waals surface area contributed by atoms with Crippen LogP contribution in [0.3, 0.4) is 0 Å². The first-order valence-corrected chi connectivity index (χ1v) is 11.5. The van der Waals surface area contributed by atoms with Crippen molar-refractivity contribution in [2.75, 3.05) is 20.3 Å². The smallest absolute Gasteiger partial charge is 0.341 e. The second kappa shape index (κ2) is 11.5. The summed E-state index contributed by atoms with van der Waals surface area (Å²) in [5, 5.41) is 9.60. The zero-order valence-corrected chi connectivity index (χ0v) is 20.3. The number of benzene rings is 1. The Hall–Kier alpha value is -2.31. The van der Waals surface area contributed by atoms with Gasteiger partial charge in [-0.1, -0.05) is 39.3 Å². The Morgan fingerprint density at radius 1 is 1.25 bits per heavy atom. The lowest BCUT2D eigenvalue weighted by Crippen LogP contribution is -2.15. The lowest BCUT2D eigenvalue weighted by atomic mass is 9.86. The van der Waals surface area contributed by atoms with Crippen LogP contribution in [-0.2, 0) is 4.74 Å². The zero-order chi connectivity index (χ0) is 23.9. The number of H-pyrrole nitrogens is 1. The molecule has 32 heavy (non-hydrogen) atoms. The van der Waals surface area contributed by atoms with Gasteiger partial charge >= 0.3 is 5.97 Å². The van der Waals surface area contributed by atoms with E-state index in [0.717, 1.165) is 36.8 Å². The molecule has 6 nitrogen and oxygen atoms in total. The molecule has 1 aromatic heterocycles. The normalized spacial score (nSPS) is 16.9. The van der Waals surface area contributed by atoms with Gasteiger partial charge in [0.2, 0.25) is 0 Å². The second-order valence-corrected chi connectivity index (χ2v) is 9.01. The predicted octanol–water partition coefficient (Wildman–Crippen LogP) is 6.13. The van der Waals surface area contributed by atoms with Crippen LogP contribution in [0.15, 0.2) is 29.2 Å². The highest BCUT2D eigenvalue weighted by Gasteiger charge is 2.33. The van der Waals surface area contributed by atoms with Crippen LogP contribution in [0.4, 0.5) is 0 Å². The number of carboxylic acid groups (broad SMARTS) is 1. The van der Waals surface area contributed by atoms with E-state index in [1.54, 1.807) is 13.2 Å². The Morgan fingerprint density at radius 3 is 2.53 bits per heavy atom. The predicted molar refractivity (Wildman–Crippen MR) is 128 cm³/mol. The molecule has 1 aliphatic carbocycles. The number of halogens is 1. The second-order valence-electron chi connectivity index (χ2n) is 8.60. The highest BCUT2D eigenvalue weighted by atomic mass is 35.5. The number of pyridine rings is 1. The summed E-state index contributed by atoms with van der Waals surface area (Å²) in [6.45, 7) is 9.62. The summed E-state index contributed by atoms with van der Waals surface area (Å²) in [5.41, 5.74) is 1.84. The first-order valence-electron chi connectivity index (χ1n) is 11.1. The van der Waals surface area contributed by atoms with Crippen molar-refractivity contribution in [3.63, 3.8) is 0 Å². The van der Waals surface area contributed by atoms with Crippen molar-refractivity contribution in [2.24, 2.45) is 5.41 Å². The first kappa shape index (κ1) is 25.9. The highest BCUT2D eigenvalue weighted by molar-refractivity contribution is 6.32. The van der Waals surface area contributed by atoms with E-state index < -0.39 is 11.4 Å². The van der Waals surface area contributed by atoms with Gasteiger partial charge in [0, 0.05) is 43.7 Å². The molecule has 7 heteroatoms. The molecule has 1 atom stereocenters. The third kappa shape index (κ3) is 6.36. The molecule has 2 aromatic rings. The van der Waals surface area contributed by atoms with Gasteiger partial charge in [0.05, 0.1) is 11.6 Å². The number of rotatable bonds is 8. The van der Waals surface area contributed by atoms with Crippen LogP contribution in [0.2, 0.25) is 5.02 Å². The quantitative estimate of drug-likeness (QED) is 0.460. The number of carboxylic acids is 1. The SMILES string of the molecule is CC.COCCCOc1cc([C@H]2CCC(C)(C)C2)c(-c2cc(=O)c(C(=O)O)c[nH]2)cc1Cl. The fraction of sp³-hybridized carbons (Fsp3) is 0.520. The average molecular weight is 464 g/mol. The molecule has 1 saturated carbocycles. The van der Waals surface area contributed by atoms with Gasteiger partial charge in [0.15, 0.2) is 5.43 Å². The van der Waals surface area contributed by atoms with E-state index in [-0.39, 0.29) is 11.0 Å². The van der Waals surface area contributed by atoms with Gasteiger partial charge in [-0.05, 0) is 48.3 Å². The third-order valence-electron chi connectivity index (χ3n) is 5.70. The summed E-state index contributed by atoms with van der Waals surface area (Å²) in [4.78, 5) is 26.4. The number of aromatic nitrogens is 1. The lowest BCUT2D eigenvalue weighted by molar-refractivity contribution is 0.0695. The van der Waals surface area contributed by atoms with Crippen LogP contribution in [0.5, 0.6) is 5.75 Å². The molecule has 3 rings (SSSR count). The number of aromatic amines is 1. The summed E-state index contributed by atoms with van der Waals surface area (Å²) < 4.78 is 11.0. The molecule has 1 fully saturated rings. The van der Waals surface area contributed by atoms with Gasteiger partial charge in [-0.3, -0.25) is 4.79 Å². The first-order chi connectivity index (χ1) is 15.2. The maximum absolute atomic E-state index is 12.3. The maximum atomic E-state index is 12.3. The van der Waals surface area contributed by atoms with E-state index in [0.29, 0.717) is 35.6 Å². The fourth-order valence-electron chi connectivity index (χ4n) is 4.13. The summed E-state index contributed by atoms with van der Waals surface area (Å²) in [5.74, 6) is -0.338. The summed E-state index contributed by atoms with van der Waals surface area (Å²) in [6.07, 6.45) is 5.15. The molecule has 0 saturated heterocycles. The minimum Gasteiger partial charge on any atom is -0.492 e. The highest BCUT2D eigenvalue weighted by Crippen LogP contribution is 2.49. The van der Waals surface area contributed by atoms with Crippen LogP contribution in [-0.4, -0.2) is 36.4 Å². The van der Waals surface area contributed by atoms with Crippen molar-refractivity contribution >= 4 is 17.6 Å². The molecule has 0 unspecified atom stereocenters. The molecule has 0 spiro atoms. The Bertz CT molecular complexity index is 983. The minimum absolute atomic E-state index is 0.238. The van der Waals surface area contributed by atoms with Crippen LogP contribution < -0.4 is 10.2 Å². The third-order valence-corrected chi connectivity index (χ3v) is 5.99. The van der Waals surface area contributed by atoms with Gasteiger partial charge in [0.1, 0.15) is 11.3 Å². The largest absolute Gasteiger partial charge is 0.492 e. The van der Waals surface area contributed by atoms with E-state index in [1.807, 2.05) is 19.9 Å². The number of hydrogen-bond acceptors (Lipinski definition) is 4. The molecule has 0 bridgehead atoms. The van der Waals surface area contributed by atoms with E-state index in [4.69, 9.17) is 26.2 Å². The molecule has 0 aliphatic heterocycles. The van der Waals surface area contributed by atoms with Crippen LogP contribution in [0.25, 0.3) is 11.3 Å². The summed E-state index contributed by atoms with van der Waals surface area (Å²) >= 11 is 6.51. The molecular formula is C25H34ClNO5. The molecule has 1 heterocycles. The number of hydrogen-bond donors (Lipinski definition) is 2. The standard InChI is InChI=1S/C23H28ClNO5.C2H6/c1-23(2)6-5-14(12-23)15-10-21(30-8-4-7-29-3)18(24)9-16(15)19-11-20(26)17(13-25-19)22(27)28;1-2/h9-11,13-14H,4-8,12H2,1-3H3,(H,25,26)(H,27,28);1-2H3/t14-;/m0./s1. The monoisotopic (exact) mass is 463 g/mol. The molecule has 0 radical (unpaired) electrons. The Morgan fingerprint density at radius 2 is 1.97 bits per heavy atom. The summed E-state index contributed by atoms with van der Waals surface area (Å²) in [7, 11) is 1.65. The van der Waals surface area contributed by atoms with Crippen molar-refractivity contribution < 1.29 is 19.4 Å². The van der Waals surface area contributed by atoms with Crippen molar-refractivity contribution in [3.8, 4) is 17.0 Å². The Balaban J connectivity index is 0.00000176. The number of nitrogens with one attached hydrogen (secondary N) is 1. The van der Waals surface area contributed by atoms with Crippen molar-refractivity contribution in [2.45, 2.75) is 59.3 Å². The van der Waals surface area contributed by atoms with Gasteiger partial charge in [0.25, 0.3) is 0 Å². The minimum atomic E-state index is -1.25. The van der Waals surface area contributed by atoms with Crippen molar-refractivity contribution in [1.29, 1.82) is 0 Å². The Kier molecular flexibility index (Phi) is 9.34. The van der Waals surface area contributed by atoms with Gasteiger partial charge in [-0.2, -0.15) is 0 Å². The molecule has 2 N–H and O–H groups in total. The maximum Gasteiger partial charge on any atom is 0.341 e. The van der Waals surface area contributed by atoms with Gasteiger partial charge < -0.3 is 19.6 Å². The van der Waals surface area contributed by atoms with Gasteiger partial charge in [-0.25, -0.2) is 4.79 Å². The van der Waals surface area contributed by atoms with Gasteiger partial charge in [-0.15, -0.1) is 0 Å². The van der Waals surface area contributed by atoms with E-state index >= 15 is 0 Å². The zero-order valence-electron chi connectivity index (χ0n) is 19.6. The van der Waals surface area contributed by atoms with Crippen LogP contribution in [0, 0.1) is 5.41 Å². The Labute approximate surface area is 194 Å². The molecular weight excluding hydrogens is 430 g/mol. The van der Waals surface area contributed by atoms with E-state index in [2.05, 4.69) is 18.8 Å². The molecule has 1 aromatic carbocycles. The van der Waals surface area contributed by atoms with Crippen LogP contribution in [0.1, 0.15) is 75.2 Å². The number of aromatic carboxylic acids is 1. The molecule has 0 amide bonds. The van der Waals surface area contributed by atoms with Crippen molar-refractivity contribution in [3.05, 3.63) is 50.8 Å². The summed E-state index contributed by atoms with van der Waals surface area (Å²) in [6, 6.07) is 5.11. The lowest BCUT2D eigenvalue weighted by Gasteiger charge is -2.21. The van der Waals surface area contributed by atoms with Crippen molar-refractivity contribution in [1.82, 2.24) is 4.98 Å². The van der Waals surface area contributed by atoms with E-state index in [9.17, 15) is 9.59 Å². The average Bonchev–Trinajstić information content (AvgIpc) is 3.12. The number of ether oxygens (including phenoxy) is 2.